The van der Waals surface area contributed by atoms with Gasteiger partial charge in [0.2, 0.25) is 11.8 Å². The van der Waals surface area contributed by atoms with E-state index in [9.17, 15) is 19.7 Å². The first-order valence-electron chi connectivity index (χ1n) is 8.59. The van der Waals surface area contributed by atoms with E-state index in [1.807, 2.05) is 30.3 Å². The quantitative estimate of drug-likeness (QED) is 0.479. The van der Waals surface area contributed by atoms with Crippen LogP contribution < -0.4 is 11.1 Å². The monoisotopic (exact) mass is 378 g/mol. The average molecular weight is 378 g/mol. The number of pyridine rings is 1. The summed E-state index contributed by atoms with van der Waals surface area (Å²) < 4.78 is 0. The van der Waals surface area contributed by atoms with E-state index < -0.39 is 22.8 Å². The summed E-state index contributed by atoms with van der Waals surface area (Å²) in [5.74, 6) is -1.13. The third kappa shape index (κ3) is 4.67. The number of benzene rings is 2. The van der Waals surface area contributed by atoms with Gasteiger partial charge in [0.25, 0.3) is 5.69 Å². The first-order chi connectivity index (χ1) is 13.4. The Hall–Kier alpha value is -3.81. The first-order valence-corrected chi connectivity index (χ1v) is 8.59. The summed E-state index contributed by atoms with van der Waals surface area (Å²) in [6, 6.07) is 16.1. The Morgan fingerprint density at radius 1 is 1.11 bits per heavy atom. The fourth-order valence-corrected chi connectivity index (χ4v) is 2.86. The van der Waals surface area contributed by atoms with Crippen molar-refractivity contribution >= 4 is 28.4 Å². The molecule has 0 aliphatic heterocycles. The van der Waals surface area contributed by atoms with Gasteiger partial charge in [-0.1, -0.05) is 36.4 Å². The molecule has 0 saturated heterocycles. The molecular weight excluding hydrogens is 360 g/mol. The summed E-state index contributed by atoms with van der Waals surface area (Å²) in [6.45, 7) is 0. The molecule has 1 atom stereocenters. The Morgan fingerprint density at radius 2 is 1.89 bits per heavy atom. The van der Waals surface area contributed by atoms with Crippen LogP contribution in [0, 0.1) is 10.1 Å². The number of carbonyl (C=O) groups excluding carboxylic acids is 2. The van der Waals surface area contributed by atoms with Crippen molar-refractivity contribution in [2.45, 2.75) is 18.9 Å². The van der Waals surface area contributed by atoms with Crippen molar-refractivity contribution in [2.75, 3.05) is 0 Å². The zero-order valence-electron chi connectivity index (χ0n) is 14.9. The minimum absolute atomic E-state index is 0.0999. The van der Waals surface area contributed by atoms with E-state index >= 15 is 0 Å². The number of amides is 2. The number of nitro groups is 1. The van der Waals surface area contributed by atoms with E-state index in [2.05, 4.69) is 10.3 Å². The first kappa shape index (κ1) is 19.0. The van der Waals surface area contributed by atoms with Crippen LogP contribution in [0.1, 0.15) is 11.3 Å². The molecule has 3 rings (SSSR count). The minimum atomic E-state index is -0.931. The van der Waals surface area contributed by atoms with Gasteiger partial charge >= 0.3 is 0 Å². The van der Waals surface area contributed by atoms with Gasteiger partial charge in [-0.3, -0.25) is 24.7 Å². The molecule has 1 heterocycles. The second-order valence-electron chi connectivity index (χ2n) is 6.33. The fraction of sp³-hybridized carbons (Fsp3) is 0.150. The van der Waals surface area contributed by atoms with Gasteiger partial charge in [0.15, 0.2) is 0 Å². The number of nitrogens with zero attached hydrogens (tertiary/aromatic N) is 2. The molecule has 8 heteroatoms. The number of carbonyl (C=O) groups is 2. The van der Waals surface area contributed by atoms with E-state index in [0.717, 1.165) is 10.9 Å². The lowest BCUT2D eigenvalue weighted by atomic mass is 10.1. The molecule has 2 amide bonds. The standard InChI is InChI=1S/C20H18N4O4/c21-20(26)18(12-15-9-8-14-5-1-2-7-17(14)22-15)23-19(25)11-13-4-3-6-16(10-13)24(27)28/h1-10,18H,11-12H2,(H2,21,26)(H,23,25)/t18-/m0/s1. The van der Waals surface area contributed by atoms with Crippen molar-refractivity contribution in [1.82, 2.24) is 10.3 Å². The average Bonchev–Trinajstić information content (AvgIpc) is 2.67. The molecule has 0 unspecified atom stereocenters. The molecule has 3 N–H and O–H groups in total. The van der Waals surface area contributed by atoms with Gasteiger partial charge in [-0.25, -0.2) is 0 Å². The number of fused-ring (bicyclic) bond motifs is 1. The number of primary amides is 1. The van der Waals surface area contributed by atoms with Crippen LogP contribution in [-0.2, 0) is 22.4 Å². The molecule has 0 saturated carbocycles. The molecule has 142 valence electrons. The Balaban J connectivity index is 1.69. The zero-order chi connectivity index (χ0) is 20.1. The van der Waals surface area contributed by atoms with Crippen LogP contribution in [0.5, 0.6) is 0 Å². The number of nitrogens with one attached hydrogen (secondary N) is 1. The van der Waals surface area contributed by atoms with Crippen molar-refractivity contribution in [2.24, 2.45) is 5.73 Å². The highest BCUT2D eigenvalue weighted by atomic mass is 16.6. The van der Waals surface area contributed by atoms with Crippen molar-refractivity contribution < 1.29 is 14.5 Å². The lowest BCUT2D eigenvalue weighted by Crippen LogP contribution is -2.46. The Bertz CT molecular complexity index is 1050. The number of para-hydroxylation sites is 1. The van der Waals surface area contributed by atoms with Gasteiger partial charge in [0.1, 0.15) is 6.04 Å². The molecule has 3 aromatic rings. The van der Waals surface area contributed by atoms with Crippen LogP contribution >= 0.6 is 0 Å². The number of nitrogens with two attached hydrogens (primary N) is 1. The van der Waals surface area contributed by atoms with Crippen molar-refractivity contribution in [1.29, 1.82) is 0 Å². The number of rotatable bonds is 7. The number of non-ortho nitro benzene ring substituents is 1. The largest absolute Gasteiger partial charge is 0.368 e. The molecule has 2 aromatic carbocycles. The van der Waals surface area contributed by atoms with E-state index in [0.29, 0.717) is 11.3 Å². The van der Waals surface area contributed by atoms with Crippen LogP contribution in [0.15, 0.2) is 60.7 Å². The van der Waals surface area contributed by atoms with Gasteiger partial charge in [-0.15, -0.1) is 0 Å². The molecule has 0 radical (unpaired) electrons. The highest BCUT2D eigenvalue weighted by molar-refractivity contribution is 5.88. The second kappa shape index (κ2) is 8.26. The molecule has 0 bridgehead atoms. The highest BCUT2D eigenvalue weighted by Crippen LogP contribution is 2.14. The number of hydrogen-bond donors (Lipinski definition) is 2. The van der Waals surface area contributed by atoms with Gasteiger partial charge < -0.3 is 11.1 Å². The summed E-state index contributed by atoms with van der Waals surface area (Å²) in [5, 5.41) is 14.4. The van der Waals surface area contributed by atoms with E-state index in [-0.39, 0.29) is 18.5 Å². The van der Waals surface area contributed by atoms with Crippen LogP contribution in [0.4, 0.5) is 5.69 Å². The van der Waals surface area contributed by atoms with Gasteiger partial charge in [0, 0.05) is 29.6 Å². The van der Waals surface area contributed by atoms with Crippen molar-refractivity contribution in [3.63, 3.8) is 0 Å². The summed E-state index contributed by atoms with van der Waals surface area (Å²) >= 11 is 0. The maximum atomic E-state index is 12.3. The summed E-state index contributed by atoms with van der Waals surface area (Å²) in [4.78, 5) is 38.9. The van der Waals surface area contributed by atoms with Crippen LogP contribution in [0.25, 0.3) is 10.9 Å². The highest BCUT2D eigenvalue weighted by Gasteiger charge is 2.20. The van der Waals surface area contributed by atoms with Gasteiger partial charge in [-0.2, -0.15) is 0 Å². The van der Waals surface area contributed by atoms with E-state index in [4.69, 9.17) is 5.73 Å². The van der Waals surface area contributed by atoms with Crippen LogP contribution in [0.3, 0.4) is 0 Å². The van der Waals surface area contributed by atoms with Crippen LogP contribution in [-0.4, -0.2) is 27.8 Å². The zero-order valence-corrected chi connectivity index (χ0v) is 14.9. The van der Waals surface area contributed by atoms with Gasteiger partial charge in [-0.05, 0) is 17.7 Å². The van der Waals surface area contributed by atoms with Crippen molar-refractivity contribution in [3.05, 3.63) is 82.0 Å². The van der Waals surface area contributed by atoms with E-state index in [1.54, 1.807) is 12.1 Å². The molecule has 28 heavy (non-hydrogen) atoms. The molecule has 1 aromatic heterocycles. The Morgan fingerprint density at radius 3 is 2.64 bits per heavy atom. The lowest BCUT2D eigenvalue weighted by Gasteiger charge is -2.15. The van der Waals surface area contributed by atoms with Crippen LogP contribution in [0.2, 0.25) is 0 Å². The maximum Gasteiger partial charge on any atom is 0.269 e. The summed E-state index contributed by atoms with van der Waals surface area (Å²) in [7, 11) is 0. The number of hydrogen-bond acceptors (Lipinski definition) is 5. The molecule has 0 fully saturated rings. The lowest BCUT2D eigenvalue weighted by molar-refractivity contribution is -0.384. The normalized spacial score (nSPS) is 11.7. The molecule has 0 aliphatic carbocycles. The second-order valence-corrected chi connectivity index (χ2v) is 6.33. The number of aromatic nitrogens is 1. The summed E-state index contributed by atoms with van der Waals surface area (Å²) in [5.41, 5.74) is 7.21. The predicted molar refractivity (Wildman–Crippen MR) is 103 cm³/mol. The maximum absolute atomic E-state index is 12.3. The Kier molecular flexibility index (Phi) is 5.59. The summed E-state index contributed by atoms with van der Waals surface area (Å²) in [6.07, 6.45) is 0.0530. The van der Waals surface area contributed by atoms with E-state index in [1.165, 1.54) is 18.2 Å². The third-order valence-corrected chi connectivity index (χ3v) is 4.23. The minimum Gasteiger partial charge on any atom is -0.368 e. The fourth-order valence-electron chi connectivity index (χ4n) is 2.86. The Labute approximate surface area is 160 Å². The SMILES string of the molecule is NC(=O)[C@H](Cc1ccc2ccccc2n1)NC(=O)Cc1cccc([N+](=O)[O-])c1. The molecule has 8 nitrogen and oxygen atoms in total. The van der Waals surface area contributed by atoms with Gasteiger partial charge in [0.05, 0.1) is 16.9 Å². The molecular formula is C20H18N4O4. The number of nitro benzene ring substituents is 1. The predicted octanol–water partition coefficient (Wildman–Crippen LogP) is 1.90. The third-order valence-electron chi connectivity index (χ3n) is 4.23. The molecule has 0 spiro atoms. The smallest absolute Gasteiger partial charge is 0.269 e. The van der Waals surface area contributed by atoms with Crippen molar-refractivity contribution in [3.8, 4) is 0 Å². The molecule has 0 aliphatic rings. The topological polar surface area (TPSA) is 128 Å².